The van der Waals surface area contributed by atoms with Crippen LogP contribution in [0.25, 0.3) is 0 Å². The van der Waals surface area contributed by atoms with E-state index in [1.54, 1.807) is 31.4 Å². The Morgan fingerprint density at radius 1 is 1.11 bits per heavy atom. The Bertz CT molecular complexity index is 793. The molecule has 5 nitrogen and oxygen atoms in total. The molecule has 1 aliphatic carbocycles. The van der Waals surface area contributed by atoms with Crippen molar-refractivity contribution in [1.82, 2.24) is 4.90 Å². The highest BCUT2D eigenvalue weighted by Gasteiger charge is 2.48. The number of likely N-dealkylation sites (tertiary alicyclic amines) is 1. The van der Waals surface area contributed by atoms with E-state index in [0.29, 0.717) is 24.8 Å². The molecule has 3 N–H and O–H groups in total. The van der Waals surface area contributed by atoms with Gasteiger partial charge in [-0.15, -0.1) is 0 Å². The third-order valence-corrected chi connectivity index (χ3v) is 6.31. The SMILES string of the molecule is COc1cccc(C[C@]2(O)CC3CN(CC(O)c4ccc(O)cc4)C[C@H]3C2)c1. The second-order valence-electron chi connectivity index (χ2n) is 8.51. The molecule has 5 heteroatoms. The maximum absolute atomic E-state index is 11.2. The number of aliphatic hydroxyl groups is 2. The molecule has 1 saturated carbocycles. The number of β-amino-alcohol motifs (C(OH)–C–C–N with tert-alkyl or cyclic N) is 1. The van der Waals surface area contributed by atoms with Crippen molar-refractivity contribution in [2.24, 2.45) is 11.8 Å². The van der Waals surface area contributed by atoms with Gasteiger partial charge in [0.25, 0.3) is 0 Å². The first kappa shape index (κ1) is 19.2. The van der Waals surface area contributed by atoms with E-state index in [-0.39, 0.29) is 5.75 Å². The first-order valence-corrected chi connectivity index (χ1v) is 9.99. The molecule has 0 aromatic heterocycles. The van der Waals surface area contributed by atoms with Crippen LogP contribution < -0.4 is 4.74 Å². The van der Waals surface area contributed by atoms with Gasteiger partial charge in [-0.1, -0.05) is 24.3 Å². The zero-order chi connectivity index (χ0) is 19.7. The van der Waals surface area contributed by atoms with Gasteiger partial charge in [0.2, 0.25) is 0 Å². The van der Waals surface area contributed by atoms with Crippen LogP contribution in [-0.2, 0) is 6.42 Å². The third kappa shape index (κ3) is 4.17. The molecule has 0 amide bonds. The molecule has 0 spiro atoms. The molecule has 2 fully saturated rings. The largest absolute Gasteiger partial charge is 0.508 e. The Balaban J connectivity index is 1.33. The van der Waals surface area contributed by atoms with E-state index in [9.17, 15) is 15.3 Å². The molecule has 2 aromatic rings. The molecular weight excluding hydrogens is 354 g/mol. The number of hydrogen-bond acceptors (Lipinski definition) is 5. The Labute approximate surface area is 166 Å². The number of hydrogen-bond donors (Lipinski definition) is 3. The van der Waals surface area contributed by atoms with Gasteiger partial charge in [-0.3, -0.25) is 4.90 Å². The Morgan fingerprint density at radius 3 is 2.43 bits per heavy atom. The number of nitrogens with zero attached hydrogens (tertiary/aromatic N) is 1. The number of fused-ring (bicyclic) bond motifs is 1. The molecule has 2 unspecified atom stereocenters. The summed E-state index contributed by atoms with van der Waals surface area (Å²) in [4.78, 5) is 2.30. The van der Waals surface area contributed by atoms with Crippen molar-refractivity contribution in [3.8, 4) is 11.5 Å². The maximum Gasteiger partial charge on any atom is 0.119 e. The molecule has 4 atom stereocenters. The van der Waals surface area contributed by atoms with Gasteiger partial charge in [0.05, 0.1) is 18.8 Å². The second kappa shape index (κ2) is 7.74. The van der Waals surface area contributed by atoms with Gasteiger partial charge in [-0.2, -0.15) is 0 Å². The lowest BCUT2D eigenvalue weighted by Crippen LogP contribution is -2.33. The summed E-state index contributed by atoms with van der Waals surface area (Å²) in [6.45, 7) is 2.42. The Morgan fingerprint density at radius 2 is 1.79 bits per heavy atom. The summed E-state index contributed by atoms with van der Waals surface area (Å²) in [5.74, 6) is 1.99. The average Bonchev–Trinajstić information content (AvgIpc) is 3.16. The van der Waals surface area contributed by atoms with Crippen LogP contribution in [0.1, 0.15) is 30.1 Å². The van der Waals surface area contributed by atoms with E-state index < -0.39 is 11.7 Å². The summed E-state index contributed by atoms with van der Waals surface area (Å²) in [6.07, 6.45) is 1.71. The lowest BCUT2D eigenvalue weighted by Gasteiger charge is -2.27. The molecule has 2 aliphatic rings. The summed E-state index contributed by atoms with van der Waals surface area (Å²) >= 11 is 0. The number of methoxy groups -OCH3 is 1. The van der Waals surface area contributed by atoms with Crippen molar-refractivity contribution in [3.05, 3.63) is 59.7 Å². The lowest BCUT2D eigenvalue weighted by molar-refractivity contribution is 0.0328. The Hall–Kier alpha value is -2.08. The molecule has 150 valence electrons. The summed E-state index contributed by atoms with van der Waals surface area (Å²) in [7, 11) is 1.66. The van der Waals surface area contributed by atoms with Crippen molar-refractivity contribution >= 4 is 0 Å². The van der Waals surface area contributed by atoms with Crippen molar-refractivity contribution in [1.29, 1.82) is 0 Å². The number of phenolic OH excluding ortho intramolecular Hbond substituents is 1. The van der Waals surface area contributed by atoms with E-state index in [4.69, 9.17) is 4.74 Å². The van der Waals surface area contributed by atoms with Gasteiger partial charge in [0.1, 0.15) is 11.5 Å². The van der Waals surface area contributed by atoms with Crippen molar-refractivity contribution in [3.63, 3.8) is 0 Å². The number of aliphatic hydroxyl groups excluding tert-OH is 1. The standard InChI is InChI=1S/C23H29NO4/c1-28-21-4-2-3-16(9-21)10-23(27)11-18-13-24(14-19(18)12-23)15-22(26)17-5-7-20(25)8-6-17/h2-9,18-19,22,25-27H,10-15H2,1H3/t18-,19?,22?,23-/m1/s1. The summed E-state index contributed by atoms with van der Waals surface area (Å²) in [5.41, 5.74) is 1.29. The van der Waals surface area contributed by atoms with E-state index in [1.807, 2.05) is 18.2 Å². The fourth-order valence-corrected chi connectivity index (χ4v) is 5.06. The predicted molar refractivity (Wildman–Crippen MR) is 107 cm³/mol. The highest BCUT2D eigenvalue weighted by atomic mass is 16.5. The maximum atomic E-state index is 11.2. The summed E-state index contributed by atoms with van der Waals surface area (Å²) in [5, 5.41) is 31.0. The normalized spacial score (nSPS) is 28.2. The molecular formula is C23H29NO4. The first-order chi connectivity index (χ1) is 13.4. The smallest absolute Gasteiger partial charge is 0.119 e. The number of aromatic hydroxyl groups is 1. The minimum atomic E-state index is -0.649. The lowest BCUT2D eigenvalue weighted by atomic mass is 9.91. The van der Waals surface area contributed by atoms with E-state index in [0.717, 1.165) is 42.8 Å². The number of phenols is 1. The van der Waals surface area contributed by atoms with E-state index in [2.05, 4.69) is 11.0 Å². The van der Waals surface area contributed by atoms with Gasteiger partial charge < -0.3 is 20.1 Å². The minimum absolute atomic E-state index is 0.210. The van der Waals surface area contributed by atoms with Crippen molar-refractivity contribution in [2.45, 2.75) is 31.0 Å². The van der Waals surface area contributed by atoms with Crippen LogP contribution in [0.15, 0.2) is 48.5 Å². The molecule has 28 heavy (non-hydrogen) atoms. The highest BCUT2D eigenvalue weighted by molar-refractivity contribution is 5.30. The first-order valence-electron chi connectivity index (χ1n) is 9.99. The van der Waals surface area contributed by atoms with E-state index in [1.165, 1.54) is 0 Å². The number of benzene rings is 2. The van der Waals surface area contributed by atoms with Gasteiger partial charge in [-0.05, 0) is 60.1 Å². The molecule has 1 aliphatic heterocycles. The van der Waals surface area contributed by atoms with Gasteiger partial charge in [0.15, 0.2) is 0 Å². The zero-order valence-electron chi connectivity index (χ0n) is 16.3. The minimum Gasteiger partial charge on any atom is -0.508 e. The predicted octanol–water partition coefficient (Wildman–Crippen LogP) is 2.75. The second-order valence-corrected chi connectivity index (χ2v) is 8.51. The van der Waals surface area contributed by atoms with Crippen LogP contribution in [0.5, 0.6) is 11.5 Å². The number of ether oxygens (including phenoxy) is 1. The molecule has 0 radical (unpaired) electrons. The third-order valence-electron chi connectivity index (χ3n) is 6.31. The topological polar surface area (TPSA) is 73.2 Å². The molecule has 2 aromatic carbocycles. The van der Waals surface area contributed by atoms with Gasteiger partial charge in [0, 0.05) is 26.1 Å². The zero-order valence-corrected chi connectivity index (χ0v) is 16.3. The van der Waals surface area contributed by atoms with Crippen molar-refractivity contribution in [2.75, 3.05) is 26.7 Å². The summed E-state index contributed by atoms with van der Waals surface area (Å²) < 4.78 is 5.29. The monoisotopic (exact) mass is 383 g/mol. The van der Waals surface area contributed by atoms with Crippen LogP contribution in [0.4, 0.5) is 0 Å². The number of rotatable bonds is 6. The quantitative estimate of drug-likeness (QED) is 0.715. The average molecular weight is 383 g/mol. The highest BCUT2D eigenvalue weighted by Crippen LogP contribution is 2.45. The van der Waals surface area contributed by atoms with Crippen LogP contribution in [0.2, 0.25) is 0 Å². The van der Waals surface area contributed by atoms with Gasteiger partial charge >= 0.3 is 0 Å². The fraction of sp³-hybridized carbons (Fsp3) is 0.478. The van der Waals surface area contributed by atoms with E-state index >= 15 is 0 Å². The van der Waals surface area contributed by atoms with Crippen LogP contribution in [0, 0.1) is 11.8 Å². The molecule has 4 rings (SSSR count). The summed E-state index contributed by atoms with van der Waals surface area (Å²) in [6, 6.07) is 14.7. The molecule has 0 bridgehead atoms. The van der Waals surface area contributed by atoms with Gasteiger partial charge in [-0.25, -0.2) is 0 Å². The van der Waals surface area contributed by atoms with Crippen molar-refractivity contribution < 1.29 is 20.1 Å². The Kier molecular flexibility index (Phi) is 5.32. The van der Waals surface area contributed by atoms with Crippen LogP contribution in [-0.4, -0.2) is 52.6 Å². The molecule has 1 saturated heterocycles. The van der Waals surface area contributed by atoms with Crippen LogP contribution in [0.3, 0.4) is 0 Å². The molecule has 1 heterocycles. The van der Waals surface area contributed by atoms with Crippen LogP contribution >= 0.6 is 0 Å². The fourth-order valence-electron chi connectivity index (χ4n) is 5.06.